The number of nitrogens with two attached hydrogens (primary N) is 1. The molecule has 0 saturated carbocycles. The number of halogens is 2. The average molecular weight is 272 g/mol. The highest BCUT2D eigenvalue weighted by molar-refractivity contribution is 7.17. The van der Waals surface area contributed by atoms with Crippen LogP contribution in [0.1, 0.15) is 9.67 Å². The average Bonchev–Trinajstić information content (AvgIpc) is 2.64. The molecule has 0 spiro atoms. The second kappa shape index (κ2) is 4.35. The minimum Gasteiger partial charge on any atom is -0.477 e. The van der Waals surface area contributed by atoms with Crippen molar-refractivity contribution in [2.75, 3.05) is 5.73 Å². The molecule has 0 bridgehead atoms. The molecule has 0 aliphatic heterocycles. The fourth-order valence-corrected chi connectivity index (χ4v) is 2.50. The van der Waals surface area contributed by atoms with Gasteiger partial charge in [0.1, 0.15) is 10.7 Å². The molecule has 3 nitrogen and oxygen atoms in total. The zero-order valence-corrected chi connectivity index (χ0v) is 9.98. The normalized spacial score (nSPS) is 10.5. The van der Waals surface area contributed by atoms with Crippen LogP contribution < -0.4 is 5.73 Å². The molecule has 3 N–H and O–H groups in total. The van der Waals surface area contributed by atoms with E-state index in [0.717, 1.165) is 11.3 Å². The van der Waals surface area contributed by atoms with Gasteiger partial charge >= 0.3 is 5.97 Å². The summed E-state index contributed by atoms with van der Waals surface area (Å²) in [5.41, 5.74) is 5.92. The predicted octanol–water partition coefficient (Wildman–Crippen LogP) is 3.49. The lowest BCUT2D eigenvalue weighted by Gasteiger charge is -1.99. The Bertz CT molecular complexity index is 597. The van der Waals surface area contributed by atoms with E-state index >= 15 is 0 Å². The van der Waals surface area contributed by atoms with E-state index in [4.69, 9.17) is 22.4 Å². The van der Waals surface area contributed by atoms with Crippen molar-refractivity contribution in [3.63, 3.8) is 0 Å². The second-order valence-electron chi connectivity index (χ2n) is 3.32. The summed E-state index contributed by atoms with van der Waals surface area (Å²) in [6.45, 7) is 0. The van der Waals surface area contributed by atoms with Crippen molar-refractivity contribution >= 4 is 34.6 Å². The largest absolute Gasteiger partial charge is 0.477 e. The Morgan fingerprint density at radius 2 is 2.12 bits per heavy atom. The molecule has 1 heterocycles. The molecule has 17 heavy (non-hydrogen) atoms. The van der Waals surface area contributed by atoms with Gasteiger partial charge in [0.25, 0.3) is 0 Å². The molecule has 2 aromatic rings. The Labute approximate surface area is 105 Å². The van der Waals surface area contributed by atoms with Gasteiger partial charge in [-0.05, 0) is 24.3 Å². The summed E-state index contributed by atoms with van der Waals surface area (Å²) in [6.07, 6.45) is 0. The van der Waals surface area contributed by atoms with Gasteiger partial charge in [0.15, 0.2) is 0 Å². The van der Waals surface area contributed by atoms with Gasteiger partial charge in [0.05, 0.1) is 5.69 Å². The molecule has 0 atom stereocenters. The summed E-state index contributed by atoms with van der Waals surface area (Å²) in [7, 11) is 0. The first-order valence-electron chi connectivity index (χ1n) is 4.57. The molecule has 0 radical (unpaired) electrons. The molecule has 0 aliphatic carbocycles. The summed E-state index contributed by atoms with van der Waals surface area (Å²) >= 11 is 6.69. The van der Waals surface area contributed by atoms with Crippen LogP contribution in [0.2, 0.25) is 5.02 Å². The zero-order chi connectivity index (χ0) is 12.6. The fourth-order valence-electron chi connectivity index (χ4n) is 1.39. The molecule has 1 aromatic carbocycles. The maximum absolute atomic E-state index is 13.6. The third kappa shape index (κ3) is 2.25. The van der Waals surface area contributed by atoms with Gasteiger partial charge in [-0.15, -0.1) is 11.3 Å². The molecule has 6 heteroatoms. The van der Waals surface area contributed by atoms with Crippen molar-refractivity contribution in [3.8, 4) is 10.4 Å². The Kier molecular flexibility index (Phi) is 3.04. The fraction of sp³-hybridized carbons (Fsp3) is 0. The van der Waals surface area contributed by atoms with Crippen LogP contribution in [0, 0.1) is 5.82 Å². The first-order valence-corrected chi connectivity index (χ1v) is 5.76. The minimum atomic E-state index is -1.12. The Hall–Kier alpha value is -1.59. The van der Waals surface area contributed by atoms with Crippen LogP contribution in [-0.4, -0.2) is 11.1 Å². The van der Waals surface area contributed by atoms with Gasteiger partial charge in [-0.2, -0.15) is 0 Å². The van der Waals surface area contributed by atoms with Crippen LogP contribution in [0.25, 0.3) is 10.4 Å². The third-order valence-electron chi connectivity index (χ3n) is 2.15. The maximum Gasteiger partial charge on any atom is 0.348 e. The first-order chi connectivity index (χ1) is 7.99. The van der Waals surface area contributed by atoms with Crippen LogP contribution in [0.15, 0.2) is 24.3 Å². The van der Waals surface area contributed by atoms with Crippen LogP contribution in [0.4, 0.5) is 10.1 Å². The van der Waals surface area contributed by atoms with E-state index in [1.807, 2.05) is 0 Å². The number of hydrogen-bond donors (Lipinski definition) is 2. The van der Waals surface area contributed by atoms with Crippen LogP contribution in [-0.2, 0) is 0 Å². The molecular weight excluding hydrogens is 265 g/mol. The zero-order valence-electron chi connectivity index (χ0n) is 8.41. The highest BCUT2D eigenvalue weighted by atomic mass is 35.5. The maximum atomic E-state index is 13.6. The monoisotopic (exact) mass is 271 g/mol. The van der Waals surface area contributed by atoms with Gasteiger partial charge in [-0.3, -0.25) is 0 Å². The summed E-state index contributed by atoms with van der Waals surface area (Å²) < 4.78 is 13.6. The lowest BCUT2D eigenvalue weighted by molar-refractivity contribution is 0.0703. The summed E-state index contributed by atoms with van der Waals surface area (Å²) in [4.78, 5) is 11.3. The van der Waals surface area contributed by atoms with E-state index in [0.29, 0.717) is 9.90 Å². The number of nitrogen functional groups attached to an aromatic ring is 1. The van der Waals surface area contributed by atoms with Crippen molar-refractivity contribution in [2.45, 2.75) is 0 Å². The molecule has 0 saturated heterocycles. The topological polar surface area (TPSA) is 63.3 Å². The summed E-state index contributed by atoms with van der Waals surface area (Å²) in [5.74, 6) is -1.59. The molecule has 0 unspecified atom stereocenters. The van der Waals surface area contributed by atoms with E-state index in [1.54, 1.807) is 0 Å². The van der Waals surface area contributed by atoms with Crippen molar-refractivity contribution in [1.82, 2.24) is 0 Å². The Morgan fingerprint density at radius 1 is 1.41 bits per heavy atom. The number of anilines is 1. The standard InChI is InChI=1S/C11H7ClFNO2S/c12-5-1-2-7(13)6(3-5)9-4-8(14)10(17-9)11(15)16/h1-4H,14H2,(H,15,16). The van der Waals surface area contributed by atoms with E-state index in [9.17, 15) is 9.18 Å². The van der Waals surface area contributed by atoms with Gasteiger partial charge in [0, 0.05) is 15.5 Å². The van der Waals surface area contributed by atoms with Gasteiger partial charge in [0.2, 0.25) is 0 Å². The quantitative estimate of drug-likeness (QED) is 0.879. The smallest absolute Gasteiger partial charge is 0.348 e. The van der Waals surface area contributed by atoms with Crippen LogP contribution >= 0.6 is 22.9 Å². The molecule has 0 aliphatic rings. The number of carbonyl (C=O) groups is 1. The number of carboxylic acids is 1. The number of benzene rings is 1. The van der Waals surface area contributed by atoms with E-state index in [1.165, 1.54) is 24.3 Å². The van der Waals surface area contributed by atoms with Gasteiger partial charge in [-0.1, -0.05) is 11.6 Å². The summed E-state index contributed by atoms with van der Waals surface area (Å²) in [6, 6.07) is 5.53. The van der Waals surface area contributed by atoms with Crippen molar-refractivity contribution in [2.24, 2.45) is 0 Å². The molecule has 2 rings (SSSR count). The number of rotatable bonds is 2. The second-order valence-corrected chi connectivity index (χ2v) is 4.81. The molecular formula is C11H7ClFNO2S. The van der Waals surface area contributed by atoms with Gasteiger partial charge in [-0.25, -0.2) is 9.18 Å². The molecule has 0 amide bonds. The number of aromatic carboxylic acids is 1. The van der Waals surface area contributed by atoms with Crippen molar-refractivity contribution in [3.05, 3.63) is 40.0 Å². The highest BCUT2D eigenvalue weighted by Gasteiger charge is 2.16. The van der Waals surface area contributed by atoms with Crippen LogP contribution in [0.3, 0.4) is 0 Å². The van der Waals surface area contributed by atoms with Gasteiger partial charge < -0.3 is 10.8 Å². The minimum absolute atomic E-state index is 0.000578. The Morgan fingerprint density at radius 3 is 2.71 bits per heavy atom. The lowest BCUT2D eigenvalue weighted by Crippen LogP contribution is -1.96. The lowest BCUT2D eigenvalue weighted by atomic mass is 10.1. The molecule has 0 fully saturated rings. The number of hydrogen-bond acceptors (Lipinski definition) is 3. The SMILES string of the molecule is Nc1cc(-c2cc(Cl)ccc2F)sc1C(=O)O. The van der Waals surface area contributed by atoms with Crippen LogP contribution in [0.5, 0.6) is 0 Å². The highest BCUT2D eigenvalue weighted by Crippen LogP contribution is 2.35. The first kappa shape index (κ1) is 11.9. The van der Waals surface area contributed by atoms with E-state index < -0.39 is 11.8 Å². The molecule has 88 valence electrons. The number of carboxylic acid groups (broad SMARTS) is 1. The van der Waals surface area contributed by atoms with Crippen molar-refractivity contribution < 1.29 is 14.3 Å². The summed E-state index contributed by atoms with van der Waals surface area (Å²) in [5, 5.41) is 9.24. The third-order valence-corrected chi connectivity index (χ3v) is 3.56. The van der Waals surface area contributed by atoms with E-state index in [-0.39, 0.29) is 16.1 Å². The predicted molar refractivity (Wildman–Crippen MR) is 66.1 cm³/mol. The van der Waals surface area contributed by atoms with Crippen molar-refractivity contribution in [1.29, 1.82) is 0 Å². The number of thiophene rings is 1. The Balaban J connectivity index is 2.57. The van der Waals surface area contributed by atoms with E-state index in [2.05, 4.69) is 0 Å². The molecule has 1 aromatic heterocycles.